The lowest BCUT2D eigenvalue weighted by Crippen LogP contribution is -2.49. The van der Waals surface area contributed by atoms with Crippen molar-refractivity contribution >= 4 is 5.91 Å². The first-order valence-corrected chi connectivity index (χ1v) is 12.2. The minimum atomic E-state index is 0.0362. The fourth-order valence-corrected chi connectivity index (χ4v) is 4.84. The minimum absolute atomic E-state index is 0.0362. The van der Waals surface area contributed by atoms with Gasteiger partial charge in [-0.3, -0.25) is 14.6 Å². The van der Waals surface area contributed by atoms with E-state index in [0.717, 1.165) is 62.5 Å². The van der Waals surface area contributed by atoms with Crippen molar-refractivity contribution < 1.29 is 9.90 Å². The average molecular weight is 462 g/mol. The molecule has 0 radical (unpaired) electrons. The SMILES string of the molecule is CN1CCCN(Cc2ccc(-c3ccc(C(=O)N4CCN(CCO)CC4)cc3)c(C#N)c2)CC1. The van der Waals surface area contributed by atoms with Crippen LogP contribution in [0.3, 0.4) is 0 Å². The zero-order valence-electron chi connectivity index (χ0n) is 20.1. The predicted molar refractivity (Wildman–Crippen MR) is 133 cm³/mol. The summed E-state index contributed by atoms with van der Waals surface area (Å²) in [6.45, 7) is 8.94. The quantitative estimate of drug-likeness (QED) is 0.710. The Morgan fingerprint density at radius 3 is 2.38 bits per heavy atom. The molecule has 0 bridgehead atoms. The van der Waals surface area contributed by atoms with Crippen molar-refractivity contribution in [1.82, 2.24) is 19.6 Å². The van der Waals surface area contributed by atoms with Crippen LogP contribution in [0.1, 0.15) is 27.9 Å². The summed E-state index contributed by atoms with van der Waals surface area (Å²) in [5.41, 5.74) is 4.35. The van der Waals surface area contributed by atoms with Gasteiger partial charge in [0.2, 0.25) is 0 Å². The van der Waals surface area contributed by atoms with Gasteiger partial charge in [0.25, 0.3) is 5.91 Å². The third-order valence-corrected chi connectivity index (χ3v) is 6.94. The lowest BCUT2D eigenvalue weighted by atomic mass is 9.97. The molecule has 4 rings (SSSR count). The number of amides is 1. The molecule has 34 heavy (non-hydrogen) atoms. The van der Waals surface area contributed by atoms with Crippen LogP contribution < -0.4 is 0 Å². The summed E-state index contributed by atoms with van der Waals surface area (Å²) in [5, 5.41) is 18.9. The van der Waals surface area contributed by atoms with Gasteiger partial charge in [0, 0.05) is 57.9 Å². The first-order chi connectivity index (χ1) is 16.6. The summed E-state index contributed by atoms with van der Waals surface area (Å²) in [5.74, 6) is 0.0362. The molecule has 1 amide bonds. The first kappa shape index (κ1) is 24.4. The number of carbonyl (C=O) groups is 1. The van der Waals surface area contributed by atoms with Crippen LogP contribution in [0.15, 0.2) is 42.5 Å². The predicted octanol–water partition coefficient (Wildman–Crippen LogP) is 2.11. The lowest BCUT2D eigenvalue weighted by molar-refractivity contribution is 0.0615. The zero-order chi connectivity index (χ0) is 23.9. The largest absolute Gasteiger partial charge is 0.395 e. The number of benzene rings is 2. The number of aliphatic hydroxyl groups is 1. The maximum absolute atomic E-state index is 12.9. The molecule has 0 atom stereocenters. The van der Waals surface area contributed by atoms with E-state index < -0.39 is 0 Å². The molecule has 2 aromatic carbocycles. The Labute approximate surface area is 202 Å². The van der Waals surface area contributed by atoms with Crippen LogP contribution in [0.25, 0.3) is 11.1 Å². The van der Waals surface area contributed by atoms with Gasteiger partial charge in [-0.2, -0.15) is 5.26 Å². The molecule has 0 aromatic heterocycles. The maximum atomic E-state index is 12.9. The Morgan fingerprint density at radius 1 is 0.941 bits per heavy atom. The molecule has 0 spiro atoms. The number of rotatable bonds is 6. The number of nitrogens with zero attached hydrogens (tertiary/aromatic N) is 5. The molecular weight excluding hydrogens is 426 g/mol. The van der Waals surface area contributed by atoms with Crippen molar-refractivity contribution in [3.63, 3.8) is 0 Å². The van der Waals surface area contributed by atoms with E-state index in [1.54, 1.807) is 0 Å². The number of nitriles is 1. The van der Waals surface area contributed by atoms with Gasteiger partial charge in [0.1, 0.15) is 0 Å². The number of hydrogen-bond donors (Lipinski definition) is 1. The highest BCUT2D eigenvalue weighted by Gasteiger charge is 2.22. The first-order valence-electron chi connectivity index (χ1n) is 12.2. The lowest BCUT2D eigenvalue weighted by Gasteiger charge is -2.34. The third-order valence-electron chi connectivity index (χ3n) is 6.94. The minimum Gasteiger partial charge on any atom is -0.395 e. The number of piperazine rings is 1. The molecular formula is C27H35N5O2. The summed E-state index contributed by atoms with van der Waals surface area (Å²) in [6, 6.07) is 16.1. The van der Waals surface area contributed by atoms with Crippen LogP contribution in [0.5, 0.6) is 0 Å². The molecule has 2 heterocycles. The van der Waals surface area contributed by atoms with Crippen LogP contribution in [0.2, 0.25) is 0 Å². The number of β-amino-alcohol motifs (C(OH)–C–C–N with tert-alkyl or cyclic N) is 1. The van der Waals surface area contributed by atoms with E-state index >= 15 is 0 Å². The molecule has 2 aromatic rings. The summed E-state index contributed by atoms with van der Waals surface area (Å²) in [6.07, 6.45) is 1.17. The molecule has 2 fully saturated rings. The molecule has 0 aliphatic carbocycles. The summed E-state index contributed by atoms with van der Waals surface area (Å²) >= 11 is 0. The molecule has 0 unspecified atom stereocenters. The van der Waals surface area contributed by atoms with Gasteiger partial charge in [-0.25, -0.2) is 0 Å². The van der Waals surface area contributed by atoms with Crippen LogP contribution in [0, 0.1) is 11.3 Å². The Morgan fingerprint density at radius 2 is 1.68 bits per heavy atom. The van der Waals surface area contributed by atoms with E-state index in [0.29, 0.717) is 30.8 Å². The number of likely N-dealkylation sites (N-methyl/N-ethyl adjacent to an activating group) is 1. The average Bonchev–Trinajstić information content (AvgIpc) is 3.08. The molecule has 1 N–H and O–H groups in total. The van der Waals surface area contributed by atoms with E-state index in [2.05, 4.69) is 33.9 Å². The molecule has 7 heteroatoms. The molecule has 180 valence electrons. The van der Waals surface area contributed by atoms with Crippen molar-refractivity contribution in [2.24, 2.45) is 0 Å². The summed E-state index contributed by atoms with van der Waals surface area (Å²) in [4.78, 5) is 21.8. The van der Waals surface area contributed by atoms with Crippen molar-refractivity contribution in [2.45, 2.75) is 13.0 Å². The van der Waals surface area contributed by atoms with Gasteiger partial charge in [-0.05, 0) is 61.4 Å². The molecule has 0 saturated carbocycles. The highest BCUT2D eigenvalue weighted by molar-refractivity contribution is 5.95. The number of hydrogen-bond acceptors (Lipinski definition) is 6. The van der Waals surface area contributed by atoms with E-state index in [4.69, 9.17) is 5.11 Å². The van der Waals surface area contributed by atoms with Gasteiger partial charge in [-0.15, -0.1) is 0 Å². The van der Waals surface area contributed by atoms with Crippen molar-refractivity contribution in [2.75, 3.05) is 72.6 Å². The highest BCUT2D eigenvalue weighted by Crippen LogP contribution is 2.26. The van der Waals surface area contributed by atoms with Crippen LogP contribution in [0.4, 0.5) is 0 Å². The van der Waals surface area contributed by atoms with Crippen LogP contribution >= 0.6 is 0 Å². The molecule has 7 nitrogen and oxygen atoms in total. The van der Waals surface area contributed by atoms with Crippen molar-refractivity contribution in [1.29, 1.82) is 5.26 Å². The van der Waals surface area contributed by atoms with Gasteiger partial charge in [-0.1, -0.05) is 24.3 Å². The van der Waals surface area contributed by atoms with Gasteiger partial charge >= 0.3 is 0 Å². The summed E-state index contributed by atoms with van der Waals surface area (Å²) < 4.78 is 0. The standard InChI is InChI=1S/C27H35N5O2/c1-29-9-2-10-31(12-11-29)21-22-3-8-26(25(19-22)20-28)23-4-6-24(7-5-23)27(34)32-15-13-30(14-16-32)17-18-33/h3-8,19,33H,2,9-18,21H2,1H3. The Bertz CT molecular complexity index is 1010. The second-order valence-corrected chi connectivity index (χ2v) is 9.36. The highest BCUT2D eigenvalue weighted by atomic mass is 16.3. The van der Waals surface area contributed by atoms with Gasteiger partial charge in [0.05, 0.1) is 18.2 Å². The smallest absolute Gasteiger partial charge is 0.253 e. The monoisotopic (exact) mass is 461 g/mol. The fourth-order valence-electron chi connectivity index (χ4n) is 4.84. The van der Waals surface area contributed by atoms with E-state index in [-0.39, 0.29) is 12.5 Å². The summed E-state index contributed by atoms with van der Waals surface area (Å²) in [7, 11) is 2.17. The van der Waals surface area contributed by atoms with Crippen molar-refractivity contribution in [3.8, 4) is 17.2 Å². The number of aliphatic hydroxyl groups excluding tert-OH is 1. The molecule has 2 saturated heterocycles. The van der Waals surface area contributed by atoms with Crippen LogP contribution in [-0.4, -0.2) is 103 Å². The van der Waals surface area contributed by atoms with E-state index in [1.807, 2.05) is 41.3 Å². The number of carbonyl (C=O) groups excluding carboxylic acids is 1. The Kier molecular flexibility index (Phi) is 8.30. The van der Waals surface area contributed by atoms with Crippen molar-refractivity contribution in [3.05, 3.63) is 59.2 Å². The zero-order valence-corrected chi connectivity index (χ0v) is 20.1. The third kappa shape index (κ3) is 6.02. The fraction of sp³-hybridized carbons (Fsp3) is 0.481. The molecule has 2 aliphatic rings. The second-order valence-electron chi connectivity index (χ2n) is 9.36. The Balaban J connectivity index is 1.42. The van der Waals surface area contributed by atoms with E-state index in [1.165, 1.54) is 6.42 Å². The van der Waals surface area contributed by atoms with E-state index in [9.17, 15) is 10.1 Å². The van der Waals surface area contributed by atoms with Crippen LogP contribution in [-0.2, 0) is 6.54 Å². The topological polar surface area (TPSA) is 74.1 Å². The normalized spacial score (nSPS) is 18.4. The van der Waals surface area contributed by atoms with Gasteiger partial charge < -0.3 is 14.9 Å². The maximum Gasteiger partial charge on any atom is 0.253 e. The Hall–Kier alpha value is -2.76. The molecule has 2 aliphatic heterocycles. The second kappa shape index (κ2) is 11.6. The van der Waals surface area contributed by atoms with Gasteiger partial charge in [0.15, 0.2) is 0 Å².